The van der Waals surface area contributed by atoms with Crippen LogP contribution in [0.3, 0.4) is 0 Å². The van der Waals surface area contributed by atoms with E-state index in [4.69, 9.17) is 5.84 Å². The van der Waals surface area contributed by atoms with Gasteiger partial charge >= 0.3 is 0 Å². The van der Waals surface area contributed by atoms with Crippen molar-refractivity contribution >= 4 is 11.4 Å². The third-order valence-electron chi connectivity index (χ3n) is 3.69. The molecule has 3 N–H and O–H groups in total. The van der Waals surface area contributed by atoms with E-state index in [1.54, 1.807) is 12.1 Å². The highest BCUT2D eigenvalue weighted by molar-refractivity contribution is 5.61. The number of nitrogen functional groups attached to an aromatic ring is 1. The molecule has 0 radical (unpaired) electrons. The van der Waals surface area contributed by atoms with Crippen LogP contribution in [0.15, 0.2) is 18.2 Å². The van der Waals surface area contributed by atoms with E-state index in [1.165, 1.54) is 6.42 Å². The fraction of sp³-hybridized carbons (Fsp3) is 0.538. The first-order valence-corrected chi connectivity index (χ1v) is 6.43. The fourth-order valence-corrected chi connectivity index (χ4v) is 2.38. The predicted molar refractivity (Wildman–Crippen MR) is 74.5 cm³/mol. The molecular weight excluding hydrogens is 244 g/mol. The third kappa shape index (κ3) is 3.42. The van der Waals surface area contributed by atoms with E-state index >= 15 is 0 Å². The highest BCUT2D eigenvalue weighted by atomic mass is 16.6. The molecule has 1 aliphatic carbocycles. The van der Waals surface area contributed by atoms with Crippen molar-refractivity contribution in [3.05, 3.63) is 33.9 Å². The standard InChI is InChI=1S/C13H20N4O2/c1-9-5-11(9)8-16(2)7-10-3-4-12(15-14)13(6-10)17(18)19/h3-4,6,9,11,15H,5,7-8,14H2,1-2H3. The van der Waals surface area contributed by atoms with Gasteiger partial charge in [-0.3, -0.25) is 16.0 Å². The number of hydrogen-bond acceptors (Lipinski definition) is 5. The van der Waals surface area contributed by atoms with Gasteiger partial charge in [-0.2, -0.15) is 0 Å². The van der Waals surface area contributed by atoms with Crippen molar-refractivity contribution < 1.29 is 4.92 Å². The zero-order valence-corrected chi connectivity index (χ0v) is 11.3. The van der Waals surface area contributed by atoms with Gasteiger partial charge in [-0.25, -0.2) is 0 Å². The monoisotopic (exact) mass is 264 g/mol. The van der Waals surface area contributed by atoms with Crippen molar-refractivity contribution in [3.63, 3.8) is 0 Å². The van der Waals surface area contributed by atoms with Crippen LogP contribution in [-0.2, 0) is 6.54 Å². The molecule has 2 rings (SSSR count). The van der Waals surface area contributed by atoms with Crippen molar-refractivity contribution in [1.29, 1.82) is 0 Å². The van der Waals surface area contributed by atoms with E-state index in [0.29, 0.717) is 5.69 Å². The largest absolute Gasteiger partial charge is 0.318 e. The van der Waals surface area contributed by atoms with Gasteiger partial charge in [0.2, 0.25) is 0 Å². The number of nitro groups is 1. The molecule has 2 atom stereocenters. The molecule has 1 aromatic carbocycles. The van der Waals surface area contributed by atoms with E-state index in [2.05, 4.69) is 17.2 Å². The maximum Gasteiger partial charge on any atom is 0.293 e. The molecule has 19 heavy (non-hydrogen) atoms. The summed E-state index contributed by atoms with van der Waals surface area (Å²) in [5.74, 6) is 6.87. The topological polar surface area (TPSA) is 84.4 Å². The lowest BCUT2D eigenvalue weighted by Gasteiger charge is -2.16. The van der Waals surface area contributed by atoms with Crippen LogP contribution < -0.4 is 11.3 Å². The Morgan fingerprint density at radius 1 is 1.58 bits per heavy atom. The number of hydrogen-bond donors (Lipinski definition) is 2. The number of benzene rings is 1. The van der Waals surface area contributed by atoms with Crippen LogP contribution in [0.5, 0.6) is 0 Å². The SMILES string of the molecule is CC1CC1CN(C)Cc1ccc(NN)c([N+](=O)[O-])c1. The predicted octanol–water partition coefficient (Wildman–Crippen LogP) is 1.97. The van der Waals surface area contributed by atoms with Gasteiger partial charge in [0.1, 0.15) is 5.69 Å². The van der Waals surface area contributed by atoms with E-state index in [-0.39, 0.29) is 5.69 Å². The molecule has 0 saturated heterocycles. The lowest BCUT2D eigenvalue weighted by molar-refractivity contribution is -0.384. The lowest BCUT2D eigenvalue weighted by Crippen LogP contribution is -2.21. The maximum absolute atomic E-state index is 10.9. The summed E-state index contributed by atoms with van der Waals surface area (Å²) in [4.78, 5) is 12.7. The third-order valence-corrected chi connectivity index (χ3v) is 3.69. The Kier molecular flexibility index (Phi) is 4.01. The molecule has 0 aliphatic heterocycles. The van der Waals surface area contributed by atoms with Crippen LogP contribution in [0.2, 0.25) is 0 Å². The molecule has 6 heteroatoms. The lowest BCUT2D eigenvalue weighted by atomic mass is 10.1. The Labute approximate surface area is 112 Å². The Bertz CT molecular complexity index is 478. The van der Waals surface area contributed by atoms with E-state index in [0.717, 1.165) is 30.5 Å². The molecule has 1 aromatic rings. The summed E-state index contributed by atoms with van der Waals surface area (Å²) < 4.78 is 0. The summed E-state index contributed by atoms with van der Waals surface area (Å²) in [5.41, 5.74) is 3.64. The Morgan fingerprint density at radius 2 is 2.26 bits per heavy atom. The van der Waals surface area contributed by atoms with E-state index in [9.17, 15) is 10.1 Å². The second-order valence-electron chi connectivity index (χ2n) is 5.42. The maximum atomic E-state index is 10.9. The van der Waals surface area contributed by atoms with Gasteiger partial charge < -0.3 is 10.3 Å². The van der Waals surface area contributed by atoms with Crippen molar-refractivity contribution in [3.8, 4) is 0 Å². The smallest absolute Gasteiger partial charge is 0.293 e. The molecule has 0 amide bonds. The zero-order valence-electron chi connectivity index (χ0n) is 11.3. The van der Waals surface area contributed by atoms with Gasteiger partial charge in [0.15, 0.2) is 0 Å². The molecule has 1 fully saturated rings. The van der Waals surface area contributed by atoms with Crippen LogP contribution in [0.4, 0.5) is 11.4 Å². The number of nitrogens with one attached hydrogen (secondary N) is 1. The van der Waals surface area contributed by atoms with Crippen LogP contribution in [0.1, 0.15) is 18.9 Å². The molecule has 104 valence electrons. The van der Waals surface area contributed by atoms with Crippen molar-refractivity contribution in [2.75, 3.05) is 19.0 Å². The van der Waals surface area contributed by atoms with Crippen molar-refractivity contribution in [2.24, 2.45) is 17.7 Å². The number of hydrazine groups is 1. The summed E-state index contributed by atoms with van der Waals surface area (Å²) in [5, 5.41) is 10.9. The quantitative estimate of drug-likeness (QED) is 0.466. The van der Waals surface area contributed by atoms with Crippen molar-refractivity contribution in [1.82, 2.24) is 4.90 Å². The van der Waals surface area contributed by atoms with Crippen LogP contribution >= 0.6 is 0 Å². The number of nitrogens with two attached hydrogens (primary N) is 1. The summed E-state index contributed by atoms with van der Waals surface area (Å²) in [7, 11) is 2.05. The van der Waals surface area contributed by atoms with Gasteiger partial charge in [0.25, 0.3) is 5.69 Å². The van der Waals surface area contributed by atoms with Crippen LogP contribution in [0.25, 0.3) is 0 Å². The minimum Gasteiger partial charge on any atom is -0.318 e. The molecule has 0 bridgehead atoms. The Balaban J connectivity index is 2.03. The van der Waals surface area contributed by atoms with Crippen LogP contribution in [0, 0.1) is 22.0 Å². The van der Waals surface area contributed by atoms with Gasteiger partial charge in [-0.1, -0.05) is 13.0 Å². The molecule has 1 saturated carbocycles. The second-order valence-corrected chi connectivity index (χ2v) is 5.42. The second kappa shape index (κ2) is 5.54. The molecule has 0 heterocycles. The van der Waals surface area contributed by atoms with E-state index < -0.39 is 4.92 Å². The molecule has 1 aliphatic rings. The molecule has 2 unspecified atom stereocenters. The molecule has 0 aromatic heterocycles. The van der Waals surface area contributed by atoms with E-state index in [1.807, 2.05) is 13.1 Å². The summed E-state index contributed by atoms with van der Waals surface area (Å²) in [6.45, 7) is 4.02. The molecule has 6 nitrogen and oxygen atoms in total. The van der Waals surface area contributed by atoms with Gasteiger partial charge in [0, 0.05) is 19.2 Å². The van der Waals surface area contributed by atoms with Crippen LogP contribution in [-0.4, -0.2) is 23.4 Å². The summed E-state index contributed by atoms with van der Waals surface area (Å²) in [6.07, 6.45) is 1.29. The molecular formula is C13H20N4O2. The zero-order chi connectivity index (χ0) is 14.0. The molecule has 0 spiro atoms. The summed E-state index contributed by atoms with van der Waals surface area (Å²) >= 11 is 0. The Hall–Kier alpha value is -1.66. The average Bonchev–Trinajstić information content (AvgIpc) is 3.04. The number of nitro benzene ring substituents is 1. The van der Waals surface area contributed by atoms with Crippen molar-refractivity contribution in [2.45, 2.75) is 19.9 Å². The van der Waals surface area contributed by atoms with Gasteiger partial charge in [-0.05, 0) is 36.9 Å². The number of rotatable bonds is 6. The number of nitrogens with zero attached hydrogens (tertiary/aromatic N) is 2. The highest BCUT2D eigenvalue weighted by Gasteiger charge is 2.33. The Morgan fingerprint density at radius 3 is 2.79 bits per heavy atom. The van der Waals surface area contributed by atoms with Gasteiger partial charge in [-0.15, -0.1) is 0 Å². The minimum absolute atomic E-state index is 0.0215. The highest BCUT2D eigenvalue weighted by Crippen LogP contribution is 2.38. The average molecular weight is 264 g/mol. The summed E-state index contributed by atoms with van der Waals surface area (Å²) in [6, 6.07) is 5.11. The normalized spacial score (nSPS) is 21.5. The number of anilines is 1. The first-order chi connectivity index (χ1) is 9.01. The first kappa shape index (κ1) is 13.8. The van der Waals surface area contributed by atoms with Gasteiger partial charge in [0.05, 0.1) is 4.92 Å². The minimum atomic E-state index is -0.415. The first-order valence-electron chi connectivity index (χ1n) is 6.43. The fourth-order valence-electron chi connectivity index (χ4n) is 2.38.